The van der Waals surface area contributed by atoms with E-state index in [1.54, 1.807) is 6.07 Å². The number of nitrogens with zero attached hydrogens (tertiary/aromatic N) is 4. The van der Waals surface area contributed by atoms with E-state index < -0.39 is 23.9 Å². The molecule has 1 aliphatic rings. The summed E-state index contributed by atoms with van der Waals surface area (Å²) in [5.74, 6) is -1.74. The third kappa shape index (κ3) is 3.69. The van der Waals surface area contributed by atoms with Crippen LogP contribution in [-0.2, 0) is 6.42 Å². The molecule has 3 heterocycles. The van der Waals surface area contributed by atoms with Crippen LogP contribution in [0.3, 0.4) is 0 Å². The number of aliphatic hydroxyl groups excluding tert-OH is 1. The van der Waals surface area contributed by atoms with Crippen molar-refractivity contribution in [2.45, 2.75) is 25.9 Å². The van der Waals surface area contributed by atoms with Crippen LogP contribution in [0.15, 0.2) is 30.5 Å². The Morgan fingerprint density at radius 2 is 2.13 bits per heavy atom. The van der Waals surface area contributed by atoms with Gasteiger partial charge in [-0.3, -0.25) is 0 Å². The first-order chi connectivity index (χ1) is 14.4. The third-order valence-electron chi connectivity index (χ3n) is 5.05. The standard InChI is InChI=1S/C20H20FN5O4/c1-2-11-7-16(19(28)29)24-26-10-17(23-18(11)26)14-4-3-12(8-15(14)21)22-20(30)25-6-5-13(27)9-25/h3-4,7-8,10,13,27H,2,5-6,9H2,1H3,(H,22,30)(H,28,29). The van der Waals surface area contributed by atoms with Crippen molar-refractivity contribution < 1.29 is 24.2 Å². The van der Waals surface area contributed by atoms with Gasteiger partial charge in [-0.1, -0.05) is 6.92 Å². The molecular formula is C20H20FN5O4. The number of carboxylic acids is 1. The van der Waals surface area contributed by atoms with Gasteiger partial charge in [0.05, 0.1) is 18.0 Å². The first-order valence-electron chi connectivity index (χ1n) is 9.52. The number of fused-ring (bicyclic) bond motifs is 1. The molecule has 1 fully saturated rings. The number of β-amino-alcohol motifs (C(OH)–C–C–N with tert-alkyl or cyclic N) is 1. The Morgan fingerprint density at radius 1 is 1.33 bits per heavy atom. The number of carboxylic acid groups (broad SMARTS) is 1. The van der Waals surface area contributed by atoms with E-state index in [9.17, 15) is 24.2 Å². The topological polar surface area (TPSA) is 120 Å². The highest BCUT2D eigenvalue weighted by Crippen LogP contribution is 2.26. The predicted molar refractivity (Wildman–Crippen MR) is 106 cm³/mol. The van der Waals surface area contributed by atoms with Crippen molar-refractivity contribution in [3.63, 3.8) is 0 Å². The SMILES string of the molecule is CCc1cc(C(=O)O)nn2cc(-c3ccc(NC(=O)N4CCC(O)C4)cc3F)nc12. The van der Waals surface area contributed by atoms with Crippen LogP contribution in [0.5, 0.6) is 0 Å². The molecule has 3 N–H and O–H groups in total. The second-order valence-corrected chi connectivity index (χ2v) is 7.12. The fourth-order valence-electron chi connectivity index (χ4n) is 3.46. The van der Waals surface area contributed by atoms with E-state index in [1.165, 1.54) is 33.8 Å². The summed E-state index contributed by atoms with van der Waals surface area (Å²) in [7, 11) is 0. The number of rotatable bonds is 4. The molecular weight excluding hydrogens is 393 g/mol. The summed E-state index contributed by atoms with van der Waals surface area (Å²) in [4.78, 5) is 29.4. The molecule has 1 aliphatic heterocycles. The quantitative estimate of drug-likeness (QED) is 0.604. The van der Waals surface area contributed by atoms with Crippen LogP contribution in [0.1, 0.15) is 29.4 Å². The molecule has 30 heavy (non-hydrogen) atoms. The molecule has 0 saturated carbocycles. The van der Waals surface area contributed by atoms with Gasteiger partial charge in [0, 0.05) is 24.3 Å². The number of anilines is 1. The smallest absolute Gasteiger partial charge is 0.356 e. The molecule has 2 amide bonds. The number of benzene rings is 1. The summed E-state index contributed by atoms with van der Waals surface area (Å²) < 4.78 is 16.1. The van der Waals surface area contributed by atoms with Gasteiger partial charge in [-0.2, -0.15) is 5.10 Å². The van der Waals surface area contributed by atoms with E-state index in [-0.39, 0.29) is 23.5 Å². The van der Waals surface area contributed by atoms with Gasteiger partial charge in [0.2, 0.25) is 0 Å². The summed E-state index contributed by atoms with van der Waals surface area (Å²) in [6.07, 6.45) is 2.00. The molecule has 10 heteroatoms. The maximum Gasteiger partial charge on any atom is 0.356 e. The molecule has 1 unspecified atom stereocenters. The normalized spacial score (nSPS) is 16.2. The molecule has 4 rings (SSSR count). The van der Waals surface area contributed by atoms with E-state index in [1.807, 2.05) is 6.92 Å². The number of hydrogen-bond donors (Lipinski definition) is 3. The molecule has 0 spiro atoms. The number of aryl methyl sites for hydroxylation is 1. The average Bonchev–Trinajstić information content (AvgIpc) is 3.33. The Bertz CT molecular complexity index is 1150. The summed E-state index contributed by atoms with van der Waals surface area (Å²) >= 11 is 0. The van der Waals surface area contributed by atoms with Gasteiger partial charge >= 0.3 is 12.0 Å². The van der Waals surface area contributed by atoms with Crippen molar-refractivity contribution >= 4 is 23.3 Å². The van der Waals surface area contributed by atoms with Gasteiger partial charge in [-0.15, -0.1) is 0 Å². The molecule has 0 aliphatic carbocycles. The number of urea groups is 1. The van der Waals surface area contributed by atoms with E-state index >= 15 is 0 Å². The number of imidazole rings is 1. The number of carbonyl (C=O) groups excluding carboxylic acids is 1. The Labute approximate surface area is 170 Å². The molecule has 156 valence electrons. The van der Waals surface area contributed by atoms with E-state index in [4.69, 9.17) is 0 Å². The third-order valence-corrected chi connectivity index (χ3v) is 5.05. The van der Waals surface area contributed by atoms with Gasteiger partial charge in [0.25, 0.3) is 0 Å². The van der Waals surface area contributed by atoms with Gasteiger partial charge in [0.1, 0.15) is 5.82 Å². The summed E-state index contributed by atoms with van der Waals surface area (Å²) in [6, 6.07) is 5.31. The van der Waals surface area contributed by atoms with Crippen LogP contribution in [0, 0.1) is 5.82 Å². The van der Waals surface area contributed by atoms with E-state index in [0.29, 0.717) is 36.3 Å². The summed E-state index contributed by atoms with van der Waals surface area (Å²) in [6.45, 7) is 2.56. The zero-order valence-electron chi connectivity index (χ0n) is 16.2. The minimum Gasteiger partial charge on any atom is -0.476 e. The Kier molecular flexibility index (Phi) is 5.08. The highest BCUT2D eigenvalue weighted by Gasteiger charge is 2.24. The largest absolute Gasteiger partial charge is 0.476 e. The summed E-state index contributed by atoms with van der Waals surface area (Å²) in [5.41, 5.74) is 1.82. The van der Waals surface area contributed by atoms with E-state index in [0.717, 1.165) is 0 Å². The lowest BCUT2D eigenvalue weighted by atomic mass is 10.1. The van der Waals surface area contributed by atoms with Gasteiger partial charge in [-0.05, 0) is 42.7 Å². The molecule has 9 nitrogen and oxygen atoms in total. The number of carbonyl (C=O) groups is 2. The molecule has 2 aromatic heterocycles. The molecule has 0 bridgehead atoms. The number of aromatic nitrogens is 3. The van der Waals surface area contributed by atoms with Crippen LogP contribution < -0.4 is 5.32 Å². The van der Waals surface area contributed by atoms with E-state index in [2.05, 4.69) is 15.4 Å². The maximum atomic E-state index is 14.8. The minimum absolute atomic E-state index is 0.117. The number of likely N-dealkylation sites (tertiary alicyclic amines) is 1. The van der Waals surface area contributed by atoms with Crippen molar-refractivity contribution in [3.05, 3.63) is 47.5 Å². The highest BCUT2D eigenvalue weighted by molar-refractivity contribution is 5.90. The van der Waals surface area contributed by atoms with Crippen LogP contribution in [0.25, 0.3) is 16.9 Å². The van der Waals surface area contributed by atoms with Crippen molar-refractivity contribution in [3.8, 4) is 11.3 Å². The number of nitrogens with one attached hydrogen (secondary N) is 1. The van der Waals surface area contributed by atoms with Crippen LogP contribution in [0.2, 0.25) is 0 Å². The number of halogens is 1. The molecule has 1 aromatic carbocycles. The van der Waals surface area contributed by atoms with Crippen molar-refractivity contribution in [1.29, 1.82) is 0 Å². The number of hydrogen-bond acceptors (Lipinski definition) is 5. The number of aromatic carboxylic acids is 1. The highest BCUT2D eigenvalue weighted by atomic mass is 19.1. The monoisotopic (exact) mass is 413 g/mol. The fraction of sp³-hybridized carbons (Fsp3) is 0.300. The fourth-order valence-corrected chi connectivity index (χ4v) is 3.46. The van der Waals surface area contributed by atoms with Gasteiger partial charge in [-0.25, -0.2) is 23.5 Å². The van der Waals surface area contributed by atoms with Crippen LogP contribution in [-0.4, -0.2) is 60.9 Å². The van der Waals surface area contributed by atoms with Gasteiger partial charge < -0.3 is 20.4 Å². The number of aliphatic hydroxyl groups is 1. The lowest BCUT2D eigenvalue weighted by Crippen LogP contribution is -2.33. The number of amides is 2. The molecule has 3 aromatic rings. The zero-order valence-corrected chi connectivity index (χ0v) is 16.2. The second kappa shape index (κ2) is 7.71. The van der Waals surface area contributed by atoms with Gasteiger partial charge in [0.15, 0.2) is 11.3 Å². The maximum absolute atomic E-state index is 14.8. The molecule has 1 saturated heterocycles. The Balaban J connectivity index is 1.62. The molecule has 1 atom stereocenters. The second-order valence-electron chi connectivity index (χ2n) is 7.12. The lowest BCUT2D eigenvalue weighted by Gasteiger charge is -2.16. The Hall–Kier alpha value is -3.53. The zero-order chi connectivity index (χ0) is 21.4. The molecule has 0 radical (unpaired) electrons. The predicted octanol–water partition coefficient (Wildman–Crippen LogP) is 2.39. The van der Waals surface area contributed by atoms with Crippen LogP contribution in [0.4, 0.5) is 14.9 Å². The average molecular weight is 413 g/mol. The van der Waals surface area contributed by atoms with Crippen molar-refractivity contribution in [1.82, 2.24) is 19.5 Å². The summed E-state index contributed by atoms with van der Waals surface area (Å²) in [5, 5.41) is 25.4. The first kappa shape index (κ1) is 19.8. The van der Waals surface area contributed by atoms with Crippen LogP contribution >= 0.6 is 0 Å². The lowest BCUT2D eigenvalue weighted by molar-refractivity contribution is 0.0688. The first-order valence-corrected chi connectivity index (χ1v) is 9.52. The Morgan fingerprint density at radius 3 is 2.77 bits per heavy atom. The van der Waals surface area contributed by atoms with Crippen molar-refractivity contribution in [2.75, 3.05) is 18.4 Å². The van der Waals surface area contributed by atoms with Crippen molar-refractivity contribution in [2.24, 2.45) is 0 Å². The minimum atomic E-state index is -1.15.